The largest absolute Gasteiger partial charge is 0.448 e. The molecule has 154 valence electrons. The maximum absolute atomic E-state index is 14.5. The number of rotatable bonds is 3. The Labute approximate surface area is 166 Å². The number of ether oxygens (including phenoxy) is 2. The third-order valence-corrected chi connectivity index (χ3v) is 6.21. The molecule has 29 heavy (non-hydrogen) atoms. The van der Waals surface area contributed by atoms with Crippen molar-refractivity contribution in [2.45, 2.75) is 42.8 Å². The lowest BCUT2D eigenvalue weighted by Gasteiger charge is -2.31. The predicted molar refractivity (Wildman–Crippen MR) is 101 cm³/mol. The van der Waals surface area contributed by atoms with Crippen LogP contribution >= 0.6 is 0 Å². The molecule has 0 radical (unpaired) electrons. The van der Waals surface area contributed by atoms with Gasteiger partial charge in [-0.25, -0.2) is 17.2 Å². The Balaban J connectivity index is 1.59. The van der Waals surface area contributed by atoms with E-state index in [4.69, 9.17) is 9.47 Å². The smallest absolute Gasteiger partial charge is 0.261 e. The average molecular weight is 423 g/mol. The predicted octanol–water partition coefficient (Wildman–Crippen LogP) is 4.05. The minimum absolute atomic E-state index is 0.244. The van der Waals surface area contributed by atoms with Crippen LogP contribution in [0.4, 0.5) is 14.5 Å². The van der Waals surface area contributed by atoms with Crippen LogP contribution in [0.25, 0.3) is 0 Å². The molecule has 0 atom stereocenters. The first-order valence-corrected chi connectivity index (χ1v) is 11.1. The van der Waals surface area contributed by atoms with E-state index in [0.717, 1.165) is 50.5 Å². The third kappa shape index (κ3) is 3.66. The lowest BCUT2D eigenvalue weighted by molar-refractivity contribution is -0.105. The number of hydrogen-bond acceptors (Lipinski definition) is 5. The van der Waals surface area contributed by atoms with Gasteiger partial charge in [-0.1, -0.05) is 6.42 Å². The van der Waals surface area contributed by atoms with Gasteiger partial charge in [0.15, 0.2) is 27.2 Å². The molecule has 1 saturated carbocycles. The average Bonchev–Trinajstić information content (AvgIpc) is 2.97. The van der Waals surface area contributed by atoms with E-state index in [2.05, 4.69) is 5.32 Å². The minimum Gasteiger partial charge on any atom is -0.448 e. The number of fused-ring (bicyclic) bond motifs is 1. The summed E-state index contributed by atoms with van der Waals surface area (Å²) in [4.78, 5) is 11.7. The maximum Gasteiger partial charge on any atom is 0.261 e. The fraction of sp³-hybridized carbons (Fsp3) is 0.350. The molecule has 1 N–H and O–H groups in total. The van der Waals surface area contributed by atoms with Crippen molar-refractivity contribution in [1.29, 1.82) is 0 Å². The zero-order valence-electron chi connectivity index (χ0n) is 15.6. The van der Waals surface area contributed by atoms with Crippen LogP contribution in [0, 0.1) is 11.6 Å². The molecule has 1 aliphatic heterocycles. The van der Waals surface area contributed by atoms with Crippen molar-refractivity contribution < 1.29 is 31.5 Å². The van der Waals surface area contributed by atoms with E-state index in [-0.39, 0.29) is 5.69 Å². The molecule has 0 bridgehead atoms. The quantitative estimate of drug-likeness (QED) is 0.754. The van der Waals surface area contributed by atoms with Gasteiger partial charge in [-0.15, -0.1) is 0 Å². The van der Waals surface area contributed by atoms with E-state index >= 15 is 0 Å². The van der Waals surface area contributed by atoms with Crippen molar-refractivity contribution in [3.8, 4) is 11.5 Å². The van der Waals surface area contributed by atoms with Crippen LogP contribution in [0.3, 0.4) is 0 Å². The zero-order chi connectivity index (χ0) is 20.8. The van der Waals surface area contributed by atoms with E-state index in [1.165, 1.54) is 12.1 Å². The van der Waals surface area contributed by atoms with Crippen molar-refractivity contribution in [2.75, 3.05) is 11.6 Å². The number of nitrogens with one attached hydrogen (secondary N) is 1. The fourth-order valence-electron chi connectivity index (χ4n) is 3.69. The topological polar surface area (TPSA) is 81.7 Å². The highest BCUT2D eigenvalue weighted by atomic mass is 32.2. The van der Waals surface area contributed by atoms with Gasteiger partial charge in [0.05, 0.1) is 0 Å². The van der Waals surface area contributed by atoms with Gasteiger partial charge in [0.1, 0.15) is 16.3 Å². The van der Waals surface area contributed by atoms with Crippen LogP contribution in [0.1, 0.15) is 42.5 Å². The summed E-state index contributed by atoms with van der Waals surface area (Å²) in [7, 11) is -3.96. The Morgan fingerprint density at radius 1 is 1.03 bits per heavy atom. The Bertz CT molecular complexity index is 1090. The summed E-state index contributed by atoms with van der Waals surface area (Å²) < 4.78 is 63.8. The van der Waals surface area contributed by atoms with Gasteiger partial charge < -0.3 is 14.8 Å². The highest BCUT2D eigenvalue weighted by molar-refractivity contribution is 7.90. The van der Waals surface area contributed by atoms with Crippen LogP contribution in [0.5, 0.6) is 11.5 Å². The molecule has 0 unspecified atom stereocenters. The Kier molecular flexibility index (Phi) is 4.72. The first-order chi connectivity index (χ1) is 13.7. The SMILES string of the molecule is CS(=O)(=O)c1ccc(F)c(C(=O)Nc2ccc3c(c2)OC2(CCCCC2)O3)c1F. The molecule has 1 aliphatic carbocycles. The van der Waals surface area contributed by atoms with E-state index in [1.54, 1.807) is 6.07 Å². The van der Waals surface area contributed by atoms with E-state index in [1.807, 2.05) is 0 Å². The zero-order valence-corrected chi connectivity index (χ0v) is 16.4. The molecular weight excluding hydrogens is 404 g/mol. The molecule has 1 fully saturated rings. The van der Waals surface area contributed by atoms with Crippen LogP contribution in [-0.4, -0.2) is 26.4 Å². The lowest BCUT2D eigenvalue weighted by atomic mass is 9.94. The molecule has 1 amide bonds. The van der Waals surface area contributed by atoms with Crippen molar-refractivity contribution in [2.24, 2.45) is 0 Å². The number of sulfone groups is 1. The molecule has 9 heteroatoms. The lowest BCUT2D eigenvalue weighted by Crippen LogP contribution is -2.40. The first-order valence-electron chi connectivity index (χ1n) is 9.20. The van der Waals surface area contributed by atoms with Gasteiger partial charge in [0, 0.05) is 30.9 Å². The van der Waals surface area contributed by atoms with Crippen molar-refractivity contribution in [1.82, 2.24) is 0 Å². The van der Waals surface area contributed by atoms with Crippen LogP contribution < -0.4 is 14.8 Å². The monoisotopic (exact) mass is 423 g/mol. The molecule has 2 aromatic rings. The van der Waals surface area contributed by atoms with Gasteiger partial charge in [-0.3, -0.25) is 4.79 Å². The van der Waals surface area contributed by atoms with Gasteiger partial charge in [-0.2, -0.15) is 0 Å². The molecule has 1 heterocycles. The van der Waals surface area contributed by atoms with Crippen LogP contribution in [-0.2, 0) is 9.84 Å². The summed E-state index contributed by atoms with van der Waals surface area (Å²) in [6.07, 6.45) is 5.41. The normalized spacial score (nSPS) is 17.3. The molecule has 1 spiro atoms. The highest BCUT2D eigenvalue weighted by Gasteiger charge is 2.42. The first kappa shape index (κ1) is 19.6. The third-order valence-electron chi connectivity index (χ3n) is 5.09. The molecule has 2 aromatic carbocycles. The number of carbonyl (C=O) groups excluding carboxylic acids is 1. The standard InChI is InChI=1S/C20H19F2NO5S/c1-29(25,26)16-8-6-13(21)17(18(16)22)19(24)23-12-5-7-14-15(11-12)28-20(27-14)9-3-2-4-10-20/h5-8,11H,2-4,9-10H2,1H3,(H,23,24). The minimum atomic E-state index is -3.96. The van der Waals surface area contributed by atoms with Crippen molar-refractivity contribution in [3.05, 3.63) is 47.5 Å². The summed E-state index contributed by atoms with van der Waals surface area (Å²) in [6.45, 7) is 0. The fourth-order valence-corrected chi connectivity index (χ4v) is 4.43. The summed E-state index contributed by atoms with van der Waals surface area (Å²) in [5, 5.41) is 2.39. The number of amides is 1. The number of anilines is 1. The molecule has 6 nitrogen and oxygen atoms in total. The van der Waals surface area contributed by atoms with Gasteiger partial charge >= 0.3 is 0 Å². The summed E-state index contributed by atoms with van der Waals surface area (Å²) in [6, 6.07) is 6.21. The van der Waals surface area contributed by atoms with Crippen molar-refractivity contribution in [3.63, 3.8) is 0 Å². The molecule has 0 saturated heterocycles. The second-order valence-electron chi connectivity index (χ2n) is 7.30. The summed E-state index contributed by atoms with van der Waals surface area (Å²) in [5.74, 6) is -3.39. The summed E-state index contributed by atoms with van der Waals surface area (Å²) >= 11 is 0. The van der Waals surface area contributed by atoms with Crippen LogP contribution in [0.15, 0.2) is 35.2 Å². The Hall–Kier alpha value is -2.68. The van der Waals surface area contributed by atoms with Gasteiger partial charge in [0.25, 0.3) is 11.7 Å². The number of carbonyl (C=O) groups is 1. The molecular formula is C20H19F2NO5S. The Morgan fingerprint density at radius 2 is 1.72 bits per heavy atom. The van der Waals surface area contributed by atoms with E-state index in [9.17, 15) is 22.0 Å². The molecule has 0 aromatic heterocycles. The Morgan fingerprint density at radius 3 is 2.41 bits per heavy atom. The molecule has 2 aliphatic rings. The second kappa shape index (κ2) is 6.98. The van der Waals surface area contributed by atoms with Crippen molar-refractivity contribution >= 4 is 21.4 Å². The summed E-state index contributed by atoms with van der Waals surface area (Å²) in [5.41, 5.74) is -0.719. The number of benzene rings is 2. The maximum atomic E-state index is 14.5. The second-order valence-corrected chi connectivity index (χ2v) is 9.28. The number of halogens is 2. The van der Waals surface area contributed by atoms with Gasteiger partial charge in [0.2, 0.25) is 0 Å². The molecule has 4 rings (SSSR count). The van der Waals surface area contributed by atoms with Gasteiger partial charge in [-0.05, 0) is 37.1 Å². The number of hydrogen-bond donors (Lipinski definition) is 1. The van der Waals surface area contributed by atoms with E-state index in [0.29, 0.717) is 11.5 Å². The van der Waals surface area contributed by atoms with E-state index < -0.39 is 43.6 Å². The van der Waals surface area contributed by atoms with Crippen LogP contribution in [0.2, 0.25) is 0 Å². The highest BCUT2D eigenvalue weighted by Crippen LogP contribution is 2.46.